The Kier molecular flexibility index (Phi) is 9.79. The number of allylic oxidation sites excluding steroid dienone is 1. The van der Waals surface area contributed by atoms with Gasteiger partial charge in [0.2, 0.25) is 10.9 Å². The van der Waals surface area contributed by atoms with Crippen molar-refractivity contribution in [2.24, 2.45) is 17.6 Å². The number of halogens is 1. The summed E-state index contributed by atoms with van der Waals surface area (Å²) in [5, 5.41) is 23.3. The molecule has 2 bridgehead atoms. The number of primary amides is 1. The molecule has 0 unspecified atom stereocenters. The van der Waals surface area contributed by atoms with E-state index in [9.17, 15) is 23.4 Å². The lowest BCUT2D eigenvalue weighted by molar-refractivity contribution is -0.138. The molecule has 1 amide bonds. The Hall–Kier alpha value is -2.63. The first-order valence-corrected chi connectivity index (χ1v) is 16.2. The molecule has 228 valence electrons. The molecule has 0 saturated heterocycles. The van der Waals surface area contributed by atoms with E-state index in [0.717, 1.165) is 47.5 Å². The number of amides is 1. The van der Waals surface area contributed by atoms with Crippen LogP contribution in [0, 0.1) is 11.8 Å². The maximum atomic E-state index is 12.8. The third kappa shape index (κ3) is 6.78. The number of ether oxygens (including phenoxy) is 1. The van der Waals surface area contributed by atoms with Crippen LogP contribution in [-0.2, 0) is 34.3 Å². The number of hydrogen-bond donors (Lipinski definition) is 4. The van der Waals surface area contributed by atoms with Crippen LogP contribution in [0.5, 0.6) is 5.75 Å². The first-order chi connectivity index (χ1) is 20.2. The quantitative estimate of drug-likeness (QED) is 0.300. The average molecular weight is 618 g/mol. The summed E-state index contributed by atoms with van der Waals surface area (Å²) in [7, 11) is -3.09. The summed E-state index contributed by atoms with van der Waals surface area (Å²) in [6.07, 6.45) is 8.71. The normalized spacial score (nSPS) is 28.4. The van der Waals surface area contributed by atoms with E-state index in [1.54, 1.807) is 18.2 Å². The molecule has 2 aliphatic heterocycles. The molecule has 3 aliphatic rings. The summed E-state index contributed by atoms with van der Waals surface area (Å²) >= 11 is 6.30. The Morgan fingerprint density at radius 1 is 1.07 bits per heavy atom. The Labute approximate surface area is 254 Å². The number of hydrogen-bond acceptors (Lipinski definition) is 7. The number of fused-ring (bicyclic) bond motifs is 3. The lowest BCUT2D eigenvalue weighted by Crippen LogP contribution is -2.50. The standard InChI is InChI=1S/C31H40ClN3O6S/c32-25-11-8-23-19-41-29-13-10-24-17-27(29)34(14-5-3-6-21(23)16-25)18-22-9-12-26(22)28(36)7-2-1-4-15-35(42(39)40)20-31(24,38)30(33)37/h2,7-8,10-11,13,16-17,22,26,28,36,38,42H,1,3-6,9,12,14-15,18-20H2,(H2,33,37)/b7-2+/t22-,26+,28-,31+/m0/s1. The number of aliphatic hydroxyl groups is 2. The van der Waals surface area contributed by atoms with Crippen molar-refractivity contribution in [2.45, 2.75) is 63.3 Å². The van der Waals surface area contributed by atoms with E-state index in [1.165, 1.54) is 0 Å². The zero-order valence-electron chi connectivity index (χ0n) is 23.7. The second kappa shape index (κ2) is 13.3. The molecule has 0 aromatic heterocycles. The molecule has 5 rings (SSSR count). The van der Waals surface area contributed by atoms with Crippen LogP contribution in [-0.4, -0.2) is 61.1 Å². The Morgan fingerprint density at radius 2 is 1.90 bits per heavy atom. The van der Waals surface area contributed by atoms with Crippen LogP contribution >= 0.6 is 11.6 Å². The van der Waals surface area contributed by atoms with Gasteiger partial charge in [0.25, 0.3) is 5.91 Å². The fourth-order valence-electron chi connectivity index (χ4n) is 6.31. The maximum absolute atomic E-state index is 12.8. The van der Waals surface area contributed by atoms with E-state index in [4.69, 9.17) is 22.1 Å². The molecule has 9 nitrogen and oxygen atoms in total. The van der Waals surface area contributed by atoms with Gasteiger partial charge in [-0.15, -0.1) is 0 Å². The minimum Gasteiger partial charge on any atom is -0.487 e. The van der Waals surface area contributed by atoms with Gasteiger partial charge in [-0.3, -0.25) is 4.79 Å². The Balaban J connectivity index is 1.59. The van der Waals surface area contributed by atoms with E-state index < -0.39 is 35.0 Å². The third-order valence-electron chi connectivity index (χ3n) is 8.99. The summed E-state index contributed by atoms with van der Waals surface area (Å²) < 4.78 is 31.7. The number of thiol groups is 1. The smallest absolute Gasteiger partial charge is 0.255 e. The van der Waals surface area contributed by atoms with Crippen LogP contribution in [0.15, 0.2) is 48.6 Å². The highest BCUT2D eigenvalue weighted by atomic mass is 35.5. The van der Waals surface area contributed by atoms with Gasteiger partial charge >= 0.3 is 0 Å². The van der Waals surface area contributed by atoms with Crippen molar-refractivity contribution in [3.8, 4) is 5.75 Å². The number of aliphatic hydroxyl groups excluding tert-OH is 1. The molecule has 2 aromatic rings. The van der Waals surface area contributed by atoms with Crippen molar-refractivity contribution in [1.82, 2.24) is 4.31 Å². The summed E-state index contributed by atoms with van der Waals surface area (Å²) in [6.45, 7) is 1.28. The number of rotatable bonds is 2. The molecular weight excluding hydrogens is 578 g/mol. The molecule has 0 radical (unpaired) electrons. The SMILES string of the molecule is NC(=O)[C@@]1(O)CN([SH](=O)=O)CCC/C=C/[C@H](O)[C@@H]2CC[C@H]2CN2CCCCc3cc(Cl)ccc3COc3ccc1cc32. The fraction of sp³-hybridized carbons (Fsp3) is 0.516. The number of anilines is 1. The zero-order chi connectivity index (χ0) is 29.9. The van der Waals surface area contributed by atoms with E-state index in [-0.39, 0.29) is 23.9 Å². The molecule has 4 atom stereocenters. The van der Waals surface area contributed by atoms with Gasteiger partial charge in [0.1, 0.15) is 12.4 Å². The lowest BCUT2D eigenvalue weighted by Gasteiger charge is -2.43. The molecule has 1 saturated carbocycles. The molecular formula is C31H40ClN3O6S. The van der Waals surface area contributed by atoms with Gasteiger partial charge in [-0.1, -0.05) is 35.9 Å². The molecule has 11 heteroatoms. The fourth-order valence-corrected chi connectivity index (χ4v) is 7.13. The first kappa shape index (κ1) is 30.8. The molecule has 2 heterocycles. The van der Waals surface area contributed by atoms with E-state index >= 15 is 0 Å². The summed E-state index contributed by atoms with van der Waals surface area (Å²) in [6, 6.07) is 10.8. The van der Waals surface area contributed by atoms with Crippen molar-refractivity contribution in [3.63, 3.8) is 0 Å². The average Bonchev–Trinajstić information content (AvgIpc) is 2.96. The molecule has 2 aromatic carbocycles. The van der Waals surface area contributed by atoms with Crippen molar-refractivity contribution in [3.05, 3.63) is 70.3 Å². The van der Waals surface area contributed by atoms with Crippen LogP contribution in [0.1, 0.15) is 55.2 Å². The minimum absolute atomic E-state index is 0.102. The highest BCUT2D eigenvalue weighted by Gasteiger charge is 2.41. The van der Waals surface area contributed by atoms with Gasteiger partial charge in [-0.2, -0.15) is 0 Å². The van der Waals surface area contributed by atoms with E-state index in [1.807, 2.05) is 30.4 Å². The molecule has 0 spiro atoms. The second-order valence-corrected chi connectivity index (χ2v) is 13.2. The monoisotopic (exact) mass is 617 g/mol. The van der Waals surface area contributed by atoms with Gasteiger partial charge in [0.15, 0.2) is 5.60 Å². The van der Waals surface area contributed by atoms with E-state index in [0.29, 0.717) is 49.0 Å². The number of nitrogens with zero attached hydrogens (tertiary/aromatic N) is 2. The second-order valence-electron chi connectivity index (χ2n) is 11.7. The molecule has 42 heavy (non-hydrogen) atoms. The number of carbonyl (C=O) groups is 1. The largest absolute Gasteiger partial charge is 0.487 e. The number of carbonyl (C=O) groups excluding carboxylic acids is 1. The van der Waals surface area contributed by atoms with Crippen LogP contribution in [0.2, 0.25) is 5.02 Å². The summed E-state index contributed by atoms with van der Waals surface area (Å²) in [4.78, 5) is 15.0. The van der Waals surface area contributed by atoms with Crippen LogP contribution in [0.3, 0.4) is 0 Å². The first-order valence-electron chi connectivity index (χ1n) is 14.7. The van der Waals surface area contributed by atoms with Crippen LogP contribution in [0.25, 0.3) is 0 Å². The summed E-state index contributed by atoms with van der Waals surface area (Å²) in [5.41, 5.74) is 6.60. The van der Waals surface area contributed by atoms with Crippen molar-refractivity contribution in [1.29, 1.82) is 0 Å². The van der Waals surface area contributed by atoms with Crippen molar-refractivity contribution >= 4 is 34.1 Å². The van der Waals surface area contributed by atoms with Gasteiger partial charge in [0.05, 0.1) is 18.3 Å². The third-order valence-corrected chi connectivity index (χ3v) is 10.0. The maximum Gasteiger partial charge on any atom is 0.255 e. The number of β-amino-alcohol motifs (C(OH)–C–C–N with tert-alkyl or cyclic N) is 1. The number of aryl methyl sites for hydroxylation is 1. The number of nitrogens with two attached hydrogens (primary N) is 1. The zero-order valence-corrected chi connectivity index (χ0v) is 25.3. The van der Waals surface area contributed by atoms with Crippen molar-refractivity contribution in [2.75, 3.05) is 31.1 Å². The highest BCUT2D eigenvalue weighted by molar-refractivity contribution is 7.69. The molecule has 1 fully saturated rings. The van der Waals surface area contributed by atoms with Gasteiger partial charge in [-0.25, -0.2) is 12.7 Å². The van der Waals surface area contributed by atoms with Crippen LogP contribution < -0.4 is 15.4 Å². The Bertz CT molecular complexity index is 1390. The van der Waals surface area contributed by atoms with Gasteiger partial charge < -0.3 is 25.6 Å². The lowest BCUT2D eigenvalue weighted by atomic mass is 9.70. The minimum atomic E-state index is -3.09. The highest BCUT2D eigenvalue weighted by Crippen LogP contribution is 2.41. The number of benzene rings is 2. The van der Waals surface area contributed by atoms with Gasteiger partial charge in [-0.05, 0) is 97.7 Å². The van der Waals surface area contributed by atoms with Crippen molar-refractivity contribution < 1.29 is 28.2 Å². The van der Waals surface area contributed by atoms with Crippen LogP contribution in [0.4, 0.5) is 5.69 Å². The molecule has 4 N–H and O–H groups in total. The Morgan fingerprint density at radius 3 is 2.64 bits per heavy atom. The predicted molar refractivity (Wildman–Crippen MR) is 163 cm³/mol. The molecule has 1 aliphatic carbocycles. The topological polar surface area (TPSA) is 133 Å². The van der Waals surface area contributed by atoms with Gasteiger partial charge in [0, 0.05) is 24.7 Å². The summed E-state index contributed by atoms with van der Waals surface area (Å²) in [5.74, 6) is -0.0772. The van der Waals surface area contributed by atoms with E-state index in [2.05, 4.69) is 4.90 Å². The predicted octanol–water partition coefficient (Wildman–Crippen LogP) is 3.30.